The lowest BCUT2D eigenvalue weighted by atomic mass is 9.99. The lowest BCUT2D eigenvalue weighted by molar-refractivity contribution is -0.127. The third-order valence-corrected chi connectivity index (χ3v) is 7.05. The van der Waals surface area contributed by atoms with Crippen molar-refractivity contribution in [1.82, 2.24) is 15.1 Å². The van der Waals surface area contributed by atoms with E-state index in [0.29, 0.717) is 31.5 Å². The Bertz CT molecular complexity index is 1180. The monoisotopic (exact) mass is 516 g/mol. The molecule has 0 unspecified atom stereocenters. The van der Waals surface area contributed by atoms with Crippen LogP contribution in [0.5, 0.6) is 0 Å². The van der Waals surface area contributed by atoms with Gasteiger partial charge in [0.1, 0.15) is 5.84 Å². The van der Waals surface area contributed by atoms with E-state index in [1.807, 2.05) is 52.3 Å². The van der Waals surface area contributed by atoms with Crippen molar-refractivity contribution >= 4 is 29.4 Å². The normalized spacial score (nSPS) is 14.9. The van der Waals surface area contributed by atoms with Gasteiger partial charge in [0.05, 0.1) is 5.69 Å². The predicted molar refractivity (Wildman–Crippen MR) is 154 cm³/mol. The topological polar surface area (TPSA) is 85.2 Å². The predicted octanol–water partition coefficient (Wildman–Crippen LogP) is 5.03. The number of amides is 2. The number of hydrogen-bond acceptors (Lipinski definition) is 5. The first-order valence-corrected chi connectivity index (χ1v) is 14.0. The van der Waals surface area contributed by atoms with Crippen molar-refractivity contribution in [2.45, 2.75) is 52.4 Å². The van der Waals surface area contributed by atoms with Crippen molar-refractivity contribution < 1.29 is 14.7 Å². The van der Waals surface area contributed by atoms with E-state index in [9.17, 15) is 14.7 Å². The molecule has 2 aliphatic rings. The summed E-state index contributed by atoms with van der Waals surface area (Å²) in [6, 6.07) is 13.9. The van der Waals surface area contributed by atoms with Gasteiger partial charge in [-0.05, 0) is 67.5 Å². The van der Waals surface area contributed by atoms with Gasteiger partial charge < -0.3 is 20.2 Å². The van der Waals surface area contributed by atoms with Gasteiger partial charge in [-0.25, -0.2) is 4.99 Å². The number of carbonyl (C=O) groups is 2. The van der Waals surface area contributed by atoms with Gasteiger partial charge in [-0.2, -0.15) is 0 Å². The first kappa shape index (κ1) is 27.6. The Morgan fingerprint density at radius 2 is 1.74 bits per heavy atom. The average Bonchev–Trinajstić information content (AvgIpc) is 3.42. The Kier molecular flexibility index (Phi) is 9.71. The second-order valence-electron chi connectivity index (χ2n) is 10.1. The number of carbonyl (C=O) groups excluding carboxylic acids is 2. The molecule has 0 spiro atoms. The van der Waals surface area contributed by atoms with Gasteiger partial charge >= 0.3 is 0 Å². The highest BCUT2D eigenvalue weighted by Crippen LogP contribution is 2.32. The maximum atomic E-state index is 13.5. The van der Waals surface area contributed by atoms with Crippen LogP contribution in [0.3, 0.4) is 0 Å². The van der Waals surface area contributed by atoms with Gasteiger partial charge in [0, 0.05) is 62.5 Å². The van der Waals surface area contributed by atoms with Crippen molar-refractivity contribution in [2.75, 3.05) is 39.3 Å². The van der Waals surface area contributed by atoms with Gasteiger partial charge in [-0.15, -0.1) is 0 Å². The molecule has 202 valence electrons. The van der Waals surface area contributed by atoms with Crippen LogP contribution in [-0.4, -0.2) is 71.9 Å². The number of aliphatic hydroxyl groups excluding tert-OH is 1. The molecule has 2 amide bonds. The standard InChI is InChI=1S/C31H40N4O3/c1-3-14-32-29-22-27(31(38)34(15-4-2)18-7-19-36)20-26-13-12-25(21-28(26)33-29)23-8-10-24(11-9-23)30(37)35-16-5-6-17-35/h8-13,20-21,36H,3-7,14-19,22H2,1-2H3,(H,32,33). The number of nitrogens with one attached hydrogen (secondary N) is 1. The highest BCUT2D eigenvalue weighted by molar-refractivity contribution is 6.06. The van der Waals surface area contributed by atoms with Crippen LogP contribution in [0.4, 0.5) is 5.69 Å². The Balaban J connectivity index is 1.62. The number of hydrogen-bond donors (Lipinski definition) is 2. The molecule has 2 aliphatic heterocycles. The van der Waals surface area contributed by atoms with E-state index in [0.717, 1.165) is 79.1 Å². The third kappa shape index (κ3) is 6.70. The summed E-state index contributed by atoms with van der Waals surface area (Å²) in [4.78, 5) is 34.9. The smallest absolute Gasteiger partial charge is 0.253 e. The van der Waals surface area contributed by atoms with Gasteiger partial charge in [0.25, 0.3) is 5.91 Å². The van der Waals surface area contributed by atoms with Crippen LogP contribution in [0.2, 0.25) is 0 Å². The number of likely N-dealkylation sites (tertiary alicyclic amines) is 1. The van der Waals surface area contributed by atoms with Crippen molar-refractivity contribution in [2.24, 2.45) is 4.99 Å². The second-order valence-corrected chi connectivity index (χ2v) is 10.1. The molecular weight excluding hydrogens is 476 g/mol. The molecular formula is C31H40N4O3. The van der Waals surface area contributed by atoms with E-state index in [1.54, 1.807) is 0 Å². The summed E-state index contributed by atoms with van der Waals surface area (Å²) in [6.45, 7) is 7.89. The van der Waals surface area contributed by atoms with E-state index < -0.39 is 0 Å². The number of amidine groups is 1. The largest absolute Gasteiger partial charge is 0.396 e. The van der Waals surface area contributed by atoms with Crippen LogP contribution in [0.1, 0.15) is 68.3 Å². The quantitative estimate of drug-likeness (QED) is 0.464. The van der Waals surface area contributed by atoms with E-state index in [4.69, 9.17) is 4.99 Å². The number of benzene rings is 2. The lowest BCUT2D eigenvalue weighted by Crippen LogP contribution is -2.35. The molecule has 2 aromatic carbocycles. The van der Waals surface area contributed by atoms with Crippen LogP contribution in [0, 0.1) is 0 Å². The molecule has 0 saturated carbocycles. The molecule has 0 aliphatic carbocycles. The Hall–Kier alpha value is -3.45. The van der Waals surface area contributed by atoms with Gasteiger partial charge in [-0.3, -0.25) is 9.59 Å². The SMILES string of the molecule is CCCNC1=Nc2cc(-c3ccc(C(=O)N4CCCC4)cc3)ccc2C=C(C(=O)N(CCC)CCCO)C1. The minimum absolute atomic E-state index is 0.00137. The maximum absolute atomic E-state index is 13.5. The zero-order valence-corrected chi connectivity index (χ0v) is 22.7. The molecule has 7 nitrogen and oxygen atoms in total. The second kappa shape index (κ2) is 13.4. The minimum Gasteiger partial charge on any atom is -0.396 e. The van der Waals surface area contributed by atoms with Crippen molar-refractivity contribution in [3.63, 3.8) is 0 Å². The number of aliphatic hydroxyl groups is 1. The van der Waals surface area contributed by atoms with Crippen molar-refractivity contribution in [1.29, 1.82) is 0 Å². The molecule has 7 heteroatoms. The summed E-state index contributed by atoms with van der Waals surface area (Å²) >= 11 is 0. The Morgan fingerprint density at radius 1 is 1.00 bits per heavy atom. The minimum atomic E-state index is 0.00137. The van der Waals surface area contributed by atoms with E-state index in [1.165, 1.54) is 0 Å². The molecule has 0 bridgehead atoms. The highest BCUT2D eigenvalue weighted by Gasteiger charge is 2.23. The Morgan fingerprint density at radius 3 is 2.42 bits per heavy atom. The number of nitrogens with zero attached hydrogens (tertiary/aromatic N) is 3. The molecule has 2 heterocycles. The summed E-state index contributed by atoms with van der Waals surface area (Å²) in [6.07, 6.45) is 6.95. The van der Waals surface area contributed by atoms with Crippen LogP contribution >= 0.6 is 0 Å². The molecule has 0 aromatic heterocycles. The zero-order chi connectivity index (χ0) is 26.9. The molecule has 4 rings (SSSR count). The highest BCUT2D eigenvalue weighted by atomic mass is 16.3. The fourth-order valence-electron chi connectivity index (χ4n) is 5.01. The molecule has 38 heavy (non-hydrogen) atoms. The average molecular weight is 517 g/mol. The van der Waals surface area contributed by atoms with Crippen LogP contribution in [0.15, 0.2) is 53.0 Å². The lowest BCUT2D eigenvalue weighted by Gasteiger charge is -2.23. The molecule has 2 N–H and O–H groups in total. The van der Waals surface area contributed by atoms with E-state index in [-0.39, 0.29) is 18.4 Å². The first-order valence-electron chi connectivity index (χ1n) is 14.0. The number of aliphatic imine (C=N–C) groups is 1. The first-order chi connectivity index (χ1) is 18.5. The number of rotatable bonds is 10. The fraction of sp³-hybridized carbons (Fsp3) is 0.452. The van der Waals surface area contributed by atoms with Gasteiger partial charge in [-0.1, -0.05) is 38.1 Å². The summed E-state index contributed by atoms with van der Waals surface area (Å²) in [7, 11) is 0. The molecule has 1 fully saturated rings. The molecule has 1 saturated heterocycles. The summed E-state index contributed by atoms with van der Waals surface area (Å²) in [5.41, 5.74) is 5.18. The Labute approximate surface area is 226 Å². The molecule has 2 aromatic rings. The van der Waals surface area contributed by atoms with Gasteiger partial charge in [0.15, 0.2) is 0 Å². The third-order valence-electron chi connectivity index (χ3n) is 7.05. The maximum Gasteiger partial charge on any atom is 0.253 e. The summed E-state index contributed by atoms with van der Waals surface area (Å²) in [5.74, 6) is 0.889. The summed E-state index contributed by atoms with van der Waals surface area (Å²) < 4.78 is 0. The van der Waals surface area contributed by atoms with Crippen LogP contribution in [-0.2, 0) is 4.79 Å². The molecule has 0 radical (unpaired) electrons. The number of fused-ring (bicyclic) bond motifs is 1. The van der Waals surface area contributed by atoms with Gasteiger partial charge in [0.2, 0.25) is 5.91 Å². The summed E-state index contributed by atoms with van der Waals surface area (Å²) in [5, 5.41) is 12.7. The van der Waals surface area contributed by atoms with E-state index >= 15 is 0 Å². The van der Waals surface area contributed by atoms with Crippen molar-refractivity contribution in [3.8, 4) is 11.1 Å². The fourth-order valence-corrected chi connectivity index (χ4v) is 5.01. The van der Waals surface area contributed by atoms with Crippen LogP contribution < -0.4 is 5.32 Å². The van der Waals surface area contributed by atoms with E-state index in [2.05, 4.69) is 25.2 Å². The molecule has 0 atom stereocenters. The zero-order valence-electron chi connectivity index (χ0n) is 22.7. The van der Waals surface area contributed by atoms with Crippen LogP contribution in [0.25, 0.3) is 17.2 Å². The van der Waals surface area contributed by atoms with Crippen molar-refractivity contribution in [3.05, 3.63) is 59.2 Å².